The molecule has 9 heteroatoms. The first-order chi connectivity index (χ1) is 16.3. The van der Waals surface area contributed by atoms with Crippen molar-refractivity contribution in [3.05, 3.63) is 82.4 Å². The lowest BCUT2D eigenvalue weighted by Gasteiger charge is -2.28. The highest BCUT2D eigenvalue weighted by Crippen LogP contribution is 2.31. The molecule has 0 saturated carbocycles. The minimum atomic E-state index is -3.73. The highest BCUT2D eigenvalue weighted by atomic mass is 35.5. The van der Waals surface area contributed by atoms with Gasteiger partial charge in [-0.2, -0.15) is 4.31 Å². The second-order valence-electron chi connectivity index (χ2n) is 7.99. The van der Waals surface area contributed by atoms with E-state index in [2.05, 4.69) is 5.32 Å². The predicted octanol–water partition coefficient (Wildman–Crippen LogP) is 4.42. The largest absolute Gasteiger partial charge is 0.495 e. The normalized spacial score (nSPS) is 13.7. The number of amides is 1. The van der Waals surface area contributed by atoms with Crippen LogP contribution in [0.15, 0.2) is 65.6 Å². The van der Waals surface area contributed by atoms with E-state index in [-0.39, 0.29) is 22.3 Å². The van der Waals surface area contributed by atoms with Gasteiger partial charge in [-0.3, -0.25) is 4.79 Å². The standard InChI is InChI=1S/C25H25ClN2O5S/c1-17-7-9-24(32-2)22(13-17)27-25(29)16-33-23-10-8-20(14-21(23)26)34(30,31)28-12-11-18-5-3-4-6-19(18)15-28/h3-10,13-14H,11-12,15-16H2,1-2H3,(H,27,29). The van der Waals surface area contributed by atoms with Gasteiger partial charge >= 0.3 is 0 Å². The lowest BCUT2D eigenvalue weighted by molar-refractivity contribution is -0.118. The van der Waals surface area contributed by atoms with Crippen molar-refractivity contribution in [3.8, 4) is 11.5 Å². The number of sulfonamides is 1. The third-order valence-corrected chi connectivity index (χ3v) is 7.76. The van der Waals surface area contributed by atoms with Crippen LogP contribution in [0, 0.1) is 6.92 Å². The average molecular weight is 501 g/mol. The van der Waals surface area contributed by atoms with Crippen LogP contribution >= 0.6 is 11.6 Å². The van der Waals surface area contributed by atoms with E-state index in [4.69, 9.17) is 21.1 Å². The summed E-state index contributed by atoms with van der Waals surface area (Å²) in [6.07, 6.45) is 0.658. The van der Waals surface area contributed by atoms with Crippen LogP contribution in [0.3, 0.4) is 0 Å². The molecule has 0 aromatic heterocycles. The minimum Gasteiger partial charge on any atom is -0.495 e. The molecule has 0 bridgehead atoms. The van der Waals surface area contributed by atoms with Crippen LogP contribution in [0.2, 0.25) is 5.02 Å². The van der Waals surface area contributed by atoms with Crippen LogP contribution in [-0.2, 0) is 27.8 Å². The van der Waals surface area contributed by atoms with Gasteiger partial charge in [-0.05, 0) is 60.4 Å². The average Bonchev–Trinajstić information content (AvgIpc) is 2.83. The molecule has 1 amide bonds. The third kappa shape index (κ3) is 5.19. The lowest BCUT2D eigenvalue weighted by atomic mass is 10.0. The Morgan fingerprint density at radius 1 is 1.06 bits per heavy atom. The molecule has 3 aromatic rings. The molecule has 0 spiro atoms. The van der Waals surface area contributed by atoms with Crippen molar-refractivity contribution in [1.82, 2.24) is 4.31 Å². The number of hydrogen-bond donors (Lipinski definition) is 1. The molecule has 0 fully saturated rings. The van der Waals surface area contributed by atoms with Crippen LogP contribution in [-0.4, -0.2) is 38.9 Å². The van der Waals surface area contributed by atoms with Crippen LogP contribution in [0.25, 0.3) is 0 Å². The van der Waals surface area contributed by atoms with Crippen molar-refractivity contribution in [3.63, 3.8) is 0 Å². The Hall–Kier alpha value is -3.07. The van der Waals surface area contributed by atoms with Crippen molar-refractivity contribution < 1.29 is 22.7 Å². The summed E-state index contributed by atoms with van der Waals surface area (Å²) >= 11 is 6.31. The molecule has 0 saturated heterocycles. The predicted molar refractivity (Wildman–Crippen MR) is 131 cm³/mol. The van der Waals surface area contributed by atoms with E-state index in [9.17, 15) is 13.2 Å². The smallest absolute Gasteiger partial charge is 0.262 e. The lowest BCUT2D eigenvalue weighted by Crippen LogP contribution is -2.35. The Morgan fingerprint density at radius 3 is 2.53 bits per heavy atom. The Kier molecular flexibility index (Phi) is 7.11. The summed E-state index contributed by atoms with van der Waals surface area (Å²) in [5.41, 5.74) is 3.66. The maximum Gasteiger partial charge on any atom is 0.262 e. The molecule has 7 nitrogen and oxygen atoms in total. The highest BCUT2D eigenvalue weighted by Gasteiger charge is 2.28. The van der Waals surface area contributed by atoms with Crippen molar-refractivity contribution >= 4 is 33.2 Å². The molecule has 1 aliphatic rings. The summed E-state index contributed by atoms with van der Waals surface area (Å²) < 4.78 is 38.6. The number of aryl methyl sites for hydroxylation is 1. The molecule has 0 unspecified atom stereocenters. The number of nitrogens with one attached hydrogen (secondary N) is 1. The van der Waals surface area contributed by atoms with Gasteiger partial charge in [0.25, 0.3) is 5.91 Å². The van der Waals surface area contributed by atoms with E-state index in [0.29, 0.717) is 30.9 Å². The number of carbonyl (C=O) groups is 1. The number of rotatable bonds is 7. The van der Waals surface area contributed by atoms with Gasteiger partial charge < -0.3 is 14.8 Å². The number of halogens is 1. The third-order valence-electron chi connectivity index (χ3n) is 5.62. The summed E-state index contributed by atoms with van der Waals surface area (Å²) in [6, 6.07) is 17.5. The Morgan fingerprint density at radius 2 is 1.79 bits per heavy atom. The topological polar surface area (TPSA) is 84.9 Å². The van der Waals surface area contributed by atoms with Gasteiger partial charge in [0.15, 0.2) is 6.61 Å². The molecule has 1 aliphatic heterocycles. The summed E-state index contributed by atoms with van der Waals surface area (Å²) in [5, 5.41) is 2.85. The fourth-order valence-electron chi connectivity index (χ4n) is 3.83. The number of anilines is 1. The summed E-state index contributed by atoms with van der Waals surface area (Å²) in [5.74, 6) is 0.353. The maximum atomic E-state index is 13.2. The molecule has 34 heavy (non-hydrogen) atoms. The first-order valence-corrected chi connectivity index (χ1v) is 12.5. The number of ether oxygens (including phenoxy) is 2. The van der Waals surface area contributed by atoms with Crippen LogP contribution < -0.4 is 14.8 Å². The monoisotopic (exact) mass is 500 g/mol. The zero-order valence-corrected chi connectivity index (χ0v) is 20.4. The van der Waals surface area contributed by atoms with Crippen LogP contribution in [0.1, 0.15) is 16.7 Å². The van der Waals surface area contributed by atoms with Gasteiger partial charge in [0.05, 0.1) is 22.7 Å². The quantitative estimate of drug-likeness (QED) is 0.519. The molecular weight excluding hydrogens is 476 g/mol. The van der Waals surface area contributed by atoms with Gasteiger partial charge in [-0.25, -0.2) is 8.42 Å². The molecule has 0 atom stereocenters. The van der Waals surface area contributed by atoms with Crippen molar-refractivity contribution in [2.24, 2.45) is 0 Å². The molecule has 4 rings (SSSR count). The van der Waals surface area contributed by atoms with Crippen molar-refractivity contribution in [2.75, 3.05) is 25.6 Å². The van der Waals surface area contributed by atoms with Gasteiger partial charge in [-0.15, -0.1) is 0 Å². The second kappa shape index (κ2) is 10.0. The number of nitrogens with zero attached hydrogens (tertiary/aromatic N) is 1. The molecule has 3 aromatic carbocycles. The van der Waals surface area contributed by atoms with Crippen molar-refractivity contribution in [1.29, 1.82) is 0 Å². The fraction of sp³-hybridized carbons (Fsp3) is 0.240. The minimum absolute atomic E-state index is 0.0816. The zero-order valence-electron chi connectivity index (χ0n) is 18.9. The summed E-state index contributed by atoms with van der Waals surface area (Å²) in [6.45, 7) is 2.32. The number of hydrogen-bond acceptors (Lipinski definition) is 5. The molecular formula is C25H25ClN2O5S. The summed E-state index contributed by atoms with van der Waals surface area (Å²) in [7, 11) is -2.20. The highest BCUT2D eigenvalue weighted by molar-refractivity contribution is 7.89. The number of benzene rings is 3. The molecule has 1 N–H and O–H groups in total. The van der Waals surface area contributed by atoms with Gasteiger partial charge in [0, 0.05) is 13.1 Å². The number of fused-ring (bicyclic) bond motifs is 1. The van der Waals surface area contributed by atoms with E-state index in [1.807, 2.05) is 37.3 Å². The molecule has 0 aliphatic carbocycles. The summed E-state index contributed by atoms with van der Waals surface area (Å²) in [4.78, 5) is 12.5. The van der Waals surface area contributed by atoms with E-state index < -0.39 is 15.9 Å². The van der Waals surface area contributed by atoms with Crippen molar-refractivity contribution in [2.45, 2.75) is 24.8 Å². The second-order valence-corrected chi connectivity index (χ2v) is 10.3. The van der Waals surface area contributed by atoms with Gasteiger partial charge in [-0.1, -0.05) is 41.9 Å². The Bertz CT molecular complexity index is 1330. The van der Waals surface area contributed by atoms with Gasteiger partial charge in [0.2, 0.25) is 10.0 Å². The first-order valence-electron chi connectivity index (χ1n) is 10.7. The SMILES string of the molecule is COc1ccc(C)cc1NC(=O)COc1ccc(S(=O)(=O)N2CCc3ccccc3C2)cc1Cl. The zero-order chi connectivity index (χ0) is 24.3. The Labute approximate surface area is 204 Å². The van der Waals surface area contributed by atoms with Gasteiger partial charge in [0.1, 0.15) is 11.5 Å². The molecule has 0 radical (unpaired) electrons. The molecule has 178 valence electrons. The molecule has 1 heterocycles. The number of carbonyl (C=O) groups excluding carboxylic acids is 1. The van der Waals surface area contributed by atoms with E-state index >= 15 is 0 Å². The van der Waals surface area contributed by atoms with E-state index in [1.165, 1.54) is 29.6 Å². The maximum absolute atomic E-state index is 13.2. The van der Waals surface area contributed by atoms with E-state index in [1.54, 1.807) is 12.1 Å². The van der Waals surface area contributed by atoms with Crippen LogP contribution in [0.4, 0.5) is 5.69 Å². The van der Waals surface area contributed by atoms with Crippen LogP contribution in [0.5, 0.6) is 11.5 Å². The fourth-order valence-corrected chi connectivity index (χ4v) is 5.58. The van der Waals surface area contributed by atoms with E-state index in [0.717, 1.165) is 16.7 Å². The first kappa shape index (κ1) is 24.1. The Balaban J connectivity index is 1.42. The number of methoxy groups -OCH3 is 1.